The Kier molecular flexibility index (Phi) is 5.52. The van der Waals surface area contributed by atoms with Crippen LogP contribution in [0.15, 0.2) is 30.3 Å². The van der Waals surface area contributed by atoms with Crippen molar-refractivity contribution in [3.8, 4) is 0 Å². The largest absolute Gasteiger partial charge is 0.469 e. The number of benzene rings is 1. The lowest BCUT2D eigenvalue weighted by atomic mass is 10.1. The standard InChI is InChI=1S/C15H21NO4/c1-19-15(18)9-13-10-16(7-8-20-13)11-14(17)12-5-3-2-4-6-12/h2-6,13-14,17H,7-11H2,1H3. The highest BCUT2D eigenvalue weighted by atomic mass is 16.5. The molecule has 0 aromatic heterocycles. The summed E-state index contributed by atoms with van der Waals surface area (Å²) >= 11 is 0. The molecule has 1 aromatic carbocycles. The Balaban J connectivity index is 1.85. The first-order valence-electron chi connectivity index (χ1n) is 6.83. The van der Waals surface area contributed by atoms with Crippen molar-refractivity contribution in [3.63, 3.8) is 0 Å². The van der Waals surface area contributed by atoms with Crippen LogP contribution in [0.1, 0.15) is 18.1 Å². The van der Waals surface area contributed by atoms with Gasteiger partial charge in [-0.3, -0.25) is 9.69 Å². The number of aliphatic hydroxyl groups excluding tert-OH is 1. The molecule has 2 unspecified atom stereocenters. The number of rotatable bonds is 5. The van der Waals surface area contributed by atoms with Gasteiger partial charge in [0.05, 0.1) is 32.3 Å². The molecular formula is C15H21NO4. The summed E-state index contributed by atoms with van der Waals surface area (Å²) in [7, 11) is 1.38. The number of carbonyl (C=O) groups excluding carboxylic acids is 1. The molecule has 1 fully saturated rings. The van der Waals surface area contributed by atoms with E-state index < -0.39 is 6.10 Å². The molecule has 110 valence electrons. The van der Waals surface area contributed by atoms with E-state index in [0.29, 0.717) is 19.7 Å². The molecule has 1 heterocycles. The highest BCUT2D eigenvalue weighted by molar-refractivity contribution is 5.69. The van der Waals surface area contributed by atoms with Crippen LogP contribution in [0.25, 0.3) is 0 Å². The summed E-state index contributed by atoms with van der Waals surface area (Å²) in [5, 5.41) is 10.2. The molecule has 1 saturated heterocycles. The number of hydrogen-bond donors (Lipinski definition) is 1. The Labute approximate surface area is 119 Å². The molecule has 0 amide bonds. The van der Waals surface area contributed by atoms with Crippen LogP contribution in [-0.4, -0.2) is 55.4 Å². The summed E-state index contributed by atoms with van der Waals surface area (Å²) < 4.78 is 10.2. The maximum atomic E-state index is 11.3. The van der Waals surface area contributed by atoms with Crippen LogP contribution in [0.4, 0.5) is 0 Å². The van der Waals surface area contributed by atoms with E-state index in [-0.39, 0.29) is 18.5 Å². The SMILES string of the molecule is COC(=O)CC1CN(CC(O)c2ccccc2)CCO1. The van der Waals surface area contributed by atoms with Crippen molar-refractivity contribution in [1.29, 1.82) is 0 Å². The number of methoxy groups -OCH3 is 1. The van der Waals surface area contributed by atoms with Gasteiger partial charge in [-0.1, -0.05) is 30.3 Å². The predicted octanol–water partition coefficient (Wildman–Crippen LogP) is 0.984. The molecule has 1 aliphatic heterocycles. The number of ether oxygens (including phenoxy) is 2. The Bertz CT molecular complexity index is 423. The number of hydrogen-bond acceptors (Lipinski definition) is 5. The van der Waals surface area contributed by atoms with Gasteiger partial charge in [0.15, 0.2) is 0 Å². The zero-order valence-electron chi connectivity index (χ0n) is 11.7. The number of aliphatic hydroxyl groups is 1. The zero-order chi connectivity index (χ0) is 14.4. The molecular weight excluding hydrogens is 258 g/mol. The first kappa shape index (κ1) is 15.0. The van der Waals surface area contributed by atoms with E-state index >= 15 is 0 Å². The monoisotopic (exact) mass is 279 g/mol. The minimum Gasteiger partial charge on any atom is -0.469 e. The average molecular weight is 279 g/mol. The molecule has 1 aromatic rings. The normalized spacial score (nSPS) is 21.4. The molecule has 0 aliphatic carbocycles. The van der Waals surface area contributed by atoms with Gasteiger partial charge < -0.3 is 14.6 Å². The Morgan fingerprint density at radius 3 is 2.95 bits per heavy atom. The summed E-state index contributed by atoms with van der Waals surface area (Å²) in [6.07, 6.45) is -0.415. The van der Waals surface area contributed by atoms with Gasteiger partial charge in [0.25, 0.3) is 0 Å². The summed E-state index contributed by atoms with van der Waals surface area (Å²) in [5.41, 5.74) is 0.906. The van der Waals surface area contributed by atoms with Crippen LogP contribution in [0.3, 0.4) is 0 Å². The molecule has 0 spiro atoms. The Morgan fingerprint density at radius 2 is 2.25 bits per heavy atom. The number of esters is 1. The molecule has 1 N–H and O–H groups in total. The summed E-state index contributed by atoms with van der Waals surface area (Å²) in [6, 6.07) is 9.58. The third kappa shape index (κ3) is 4.30. The van der Waals surface area contributed by atoms with Gasteiger partial charge in [-0.2, -0.15) is 0 Å². The highest BCUT2D eigenvalue weighted by Crippen LogP contribution is 2.16. The average Bonchev–Trinajstić information content (AvgIpc) is 2.48. The molecule has 2 atom stereocenters. The van der Waals surface area contributed by atoms with Crippen molar-refractivity contribution in [2.45, 2.75) is 18.6 Å². The van der Waals surface area contributed by atoms with Gasteiger partial charge in [0.2, 0.25) is 0 Å². The van der Waals surface area contributed by atoms with Crippen molar-refractivity contribution >= 4 is 5.97 Å². The van der Waals surface area contributed by atoms with Crippen molar-refractivity contribution in [2.75, 3.05) is 33.4 Å². The van der Waals surface area contributed by atoms with Gasteiger partial charge in [-0.15, -0.1) is 0 Å². The molecule has 5 heteroatoms. The molecule has 0 bridgehead atoms. The second kappa shape index (κ2) is 7.38. The quantitative estimate of drug-likeness (QED) is 0.814. The van der Waals surface area contributed by atoms with Crippen LogP contribution < -0.4 is 0 Å². The first-order chi connectivity index (χ1) is 9.69. The van der Waals surface area contributed by atoms with E-state index in [1.165, 1.54) is 7.11 Å². The second-order valence-electron chi connectivity index (χ2n) is 4.96. The fourth-order valence-corrected chi connectivity index (χ4v) is 2.36. The van der Waals surface area contributed by atoms with Crippen molar-refractivity contribution < 1.29 is 19.4 Å². The smallest absolute Gasteiger partial charge is 0.308 e. The number of nitrogens with zero attached hydrogens (tertiary/aromatic N) is 1. The van der Waals surface area contributed by atoms with Gasteiger partial charge in [0.1, 0.15) is 0 Å². The number of morpholine rings is 1. The zero-order valence-corrected chi connectivity index (χ0v) is 11.7. The van der Waals surface area contributed by atoms with Gasteiger partial charge in [0, 0.05) is 19.6 Å². The van der Waals surface area contributed by atoms with Gasteiger partial charge >= 0.3 is 5.97 Å². The first-order valence-corrected chi connectivity index (χ1v) is 6.83. The minimum atomic E-state index is -0.520. The molecule has 2 rings (SSSR count). The molecule has 5 nitrogen and oxygen atoms in total. The highest BCUT2D eigenvalue weighted by Gasteiger charge is 2.24. The summed E-state index contributed by atoms with van der Waals surface area (Å²) in [6.45, 7) is 2.52. The van der Waals surface area contributed by atoms with Gasteiger partial charge in [-0.05, 0) is 5.56 Å². The van der Waals surface area contributed by atoms with Crippen molar-refractivity contribution in [2.24, 2.45) is 0 Å². The van der Waals surface area contributed by atoms with E-state index in [1.807, 2.05) is 30.3 Å². The van der Waals surface area contributed by atoms with E-state index in [0.717, 1.165) is 12.1 Å². The molecule has 0 radical (unpaired) electrons. The van der Waals surface area contributed by atoms with Crippen LogP contribution in [0.5, 0.6) is 0 Å². The Morgan fingerprint density at radius 1 is 1.50 bits per heavy atom. The third-order valence-corrected chi connectivity index (χ3v) is 3.46. The van der Waals surface area contributed by atoms with E-state index in [9.17, 15) is 9.90 Å². The van der Waals surface area contributed by atoms with E-state index in [4.69, 9.17) is 4.74 Å². The number of carbonyl (C=O) groups is 1. The van der Waals surface area contributed by atoms with Crippen LogP contribution in [0.2, 0.25) is 0 Å². The van der Waals surface area contributed by atoms with Crippen LogP contribution in [-0.2, 0) is 14.3 Å². The lowest BCUT2D eigenvalue weighted by molar-refractivity contribution is -0.145. The Hall–Kier alpha value is -1.43. The lowest BCUT2D eigenvalue weighted by Gasteiger charge is -2.33. The summed E-state index contributed by atoms with van der Waals surface area (Å²) in [5.74, 6) is -0.263. The molecule has 20 heavy (non-hydrogen) atoms. The second-order valence-corrected chi connectivity index (χ2v) is 4.96. The molecule has 0 saturated carbocycles. The summed E-state index contributed by atoms with van der Waals surface area (Å²) in [4.78, 5) is 13.4. The maximum absolute atomic E-state index is 11.3. The topological polar surface area (TPSA) is 59.0 Å². The minimum absolute atomic E-state index is 0.154. The number of β-amino-alcohol motifs (C(OH)–C–C–N with tert-alkyl or cyclic N) is 1. The van der Waals surface area contributed by atoms with E-state index in [1.54, 1.807) is 0 Å². The van der Waals surface area contributed by atoms with Crippen molar-refractivity contribution in [3.05, 3.63) is 35.9 Å². The van der Waals surface area contributed by atoms with E-state index in [2.05, 4.69) is 9.64 Å². The fourth-order valence-electron chi connectivity index (χ4n) is 2.36. The van der Waals surface area contributed by atoms with Crippen LogP contribution >= 0.6 is 0 Å². The van der Waals surface area contributed by atoms with Crippen LogP contribution in [0, 0.1) is 0 Å². The fraction of sp³-hybridized carbons (Fsp3) is 0.533. The van der Waals surface area contributed by atoms with Crippen molar-refractivity contribution in [1.82, 2.24) is 4.90 Å². The third-order valence-electron chi connectivity index (χ3n) is 3.46. The predicted molar refractivity (Wildman–Crippen MR) is 74.2 cm³/mol. The lowest BCUT2D eigenvalue weighted by Crippen LogP contribution is -2.44. The molecule has 1 aliphatic rings. The maximum Gasteiger partial charge on any atom is 0.308 e. The van der Waals surface area contributed by atoms with Gasteiger partial charge in [-0.25, -0.2) is 0 Å².